The molecule has 112 valence electrons. The van der Waals surface area contributed by atoms with Crippen LogP contribution in [0.25, 0.3) is 0 Å². The largest absolute Gasteiger partial charge is 0.416 e. The van der Waals surface area contributed by atoms with Gasteiger partial charge in [-0.2, -0.15) is 13.2 Å². The van der Waals surface area contributed by atoms with Gasteiger partial charge in [0.05, 0.1) is 11.7 Å². The van der Waals surface area contributed by atoms with Crippen LogP contribution < -0.4 is 0 Å². The highest BCUT2D eigenvalue weighted by atomic mass is 19.4. The number of benzene rings is 1. The van der Waals surface area contributed by atoms with Gasteiger partial charge in [0.1, 0.15) is 5.82 Å². The van der Waals surface area contributed by atoms with Gasteiger partial charge in [-0.15, -0.1) is 0 Å². The molecule has 1 N–H and O–H groups in total. The molecule has 1 aromatic rings. The van der Waals surface area contributed by atoms with E-state index in [-0.39, 0.29) is 11.5 Å². The van der Waals surface area contributed by atoms with Crippen LogP contribution in [0.3, 0.4) is 0 Å². The third-order valence-corrected chi connectivity index (χ3v) is 4.10. The molecule has 2 rings (SSSR count). The zero-order valence-corrected chi connectivity index (χ0v) is 11.3. The molecule has 0 aliphatic heterocycles. The van der Waals surface area contributed by atoms with E-state index in [0.29, 0.717) is 12.0 Å². The summed E-state index contributed by atoms with van der Waals surface area (Å²) < 4.78 is 51.3. The lowest BCUT2D eigenvalue weighted by molar-refractivity contribution is -0.137. The van der Waals surface area contributed by atoms with Crippen molar-refractivity contribution in [3.8, 4) is 0 Å². The van der Waals surface area contributed by atoms with Gasteiger partial charge in [-0.1, -0.05) is 19.8 Å². The Kier molecular flexibility index (Phi) is 4.37. The van der Waals surface area contributed by atoms with Crippen LogP contribution in [0.2, 0.25) is 0 Å². The molecule has 0 bridgehead atoms. The number of hydrogen-bond donors (Lipinski definition) is 1. The fourth-order valence-corrected chi connectivity index (χ4v) is 2.82. The molecule has 0 saturated heterocycles. The van der Waals surface area contributed by atoms with Gasteiger partial charge in [0.2, 0.25) is 0 Å². The van der Waals surface area contributed by atoms with Crippen LogP contribution in [-0.2, 0) is 6.18 Å². The van der Waals surface area contributed by atoms with Crippen molar-refractivity contribution in [1.82, 2.24) is 0 Å². The van der Waals surface area contributed by atoms with Gasteiger partial charge >= 0.3 is 6.18 Å². The van der Waals surface area contributed by atoms with E-state index < -0.39 is 23.7 Å². The topological polar surface area (TPSA) is 20.2 Å². The van der Waals surface area contributed by atoms with Crippen LogP contribution in [0.4, 0.5) is 17.6 Å². The van der Waals surface area contributed by atoms with Gasteiger partial charge in [0.15, 0.2) is 0 Å². The first-order valence-corrected chi connectivity index (χ1v) is 6.83. The quantitative estimate of drug-likeness (QED) is 0.782. The smallest absolute Gasteiger partial charge is 0.388 e. The zero-order chi connectivity index (χ0) is 14.9. The number of rotatable bonds is 2. The molecule has 0 radical (unpaired) electrons. The van der Waals surface area contributed by atoms with Crippen molar-refractivity contribution in [2.24, 2.45) is 11.8 Å². The summed E-state index contributed by atoms with van der Waals surface area (Å²) in [6.45, 7) is 2.12. The first-order chi connectivity index (χ1) is 9.27. The highest BCUT2D eigenvalue weighted by Crippen LogP contribution is 2.38. The predicted molar refractivity (Wildman–Crippen MR) is 67.5 cm³/mol. The Bertz CT molecular complexity index is 461. The molecule has 1 fully saturated rings. The van der Waals surface area contributed by atoms with Crippen molar-refractivity contribution in [3.05, 3.63) is 35.1 Å². The third kappa shape index (κ3) is 3.51. The van der Waals surface area contributed by atoms with E-state index in [1.807, 2.05) is 0 Å². The van der Waals surface area contributed by atoms with E-state index in [0.717, 1.165) is 37.8 Å². The second kappa shape index (κ2) is 5.72. The first-order valence-electron chi connectivity index (χ1n) is 6.83. The minimum atomic E-state index is -4.60. The monoisotopic (exact) mass is 290 g/mol. The maximum Gasteiger partial charge on any atom is 0.416 e. The van der Waals surface area contributed by atoms with E-state index in [1.54, 1.807) is 0 Å². The standard InChI is InChI=1S/C15H18F4O/c1-9-2-4-10(5-3-9)14(20)11-6-12(15(17,18)19)8-13(16)7-11/h6-10,14,20H,2-5H2,1H3. The number of alkyl halides is 3. The number of hydrogen-bond acceptors (Lipinski definition) is 1. The lowest BCUT2D eigenvalue weighted by atomic mass is 9.78. The van der Waals surface area contributed by atoms with Crippen LogP contribution in [-0.4, -0.2) is 5.11 Å². The Hall–Kier alpha value is -1.10. The van der Waals surface area contributed by atoms with Gasteiger partial charge in [0, 0.05) is 0 Å². The molecule has 5 heteroatoms. The molecule has 1 unspecified atom stereocenters. The summed E-state index contributed by atoms with van der Waals surface area (Å²) in [4.78, 5) is 0. The molecule has 1 aliphatic rings. The molecule has 0 heterocycles. The van der Waals surface area contributed by atoms with Crippen LogP contribution in [0.15, 0.2) is 18.2 Å². The fourth-order valence-electron chi connectivity index (χ4n) is 2.82. The highest BCUT2D eigenvalue weighted by molar-refractivity contribution is 5.28. The summed E-state index contributed by atoms with van der Waals surface area (Å²) in [6, 6.07) is 2.31. The summed E-state index contributed by atoms with van der Waals surface area (Å²) in [5, 5.41) is 10.2. The van der Waals surface area contributed by atoms with Crippen LogP contribution in [0, 0.1) is 17.7 Å². The average Bonchev–Trinajstić information content (AvgIpc) is 2.37. The Balaban J connectivity index is 2.21. The molecule has 0 aromatic heterocycles. The Morgan fingerprint density at radius 3 is 2.25 bits per heavy atom. The van der Waals surface area contributed by atoms with Crippen molar-refractivity contribution >= 4 is 0 Å². The number of aliphatic hydroxyl groups is 1. The van der Waals surface area contributed by atoms with Crippen molar-refractivity contribution in [2.75, 3.05) is 0 Å². The minimum Gasteiger partial charge on any atom is -0.388 e. The van der Waals surface area contributed by atoms with Crippen LogP contribution in [0.5, 0.6) is 0 Å². The Morgan fingerprint density at radius 2 is 1.70 bits per heavy atom. The van der Waals surface area contributed by atoms with Gasteiger partial charge < -0.3 is 5.11 Å². The molecule has 1 aromatic carbocycles. The molecule has 0 amide bonds. The van der Waals surface area contributed by atoms with E-state index in [2.05, 4.69) is 6.92 Å². The van der Waals surface area contributed by atoms with E-state index in [1.165, 1.54) is 0 Å². The van der Waals surface area contributed by atoms with E-state index in [4.69, 9.17) is 0 Å². The normalized spacial score (nSPS) is 25.5. The number of aliphatic hydroxyl groups excluding tert-OH is 1. The second-order valence-electron chi connectivity index (χ2n) is 5.74. The van der Waals surface area contributed by atoms with Crippen LogP contribution >= 0.6 is 0 Å². The van der Waals surface area contributed by atoms with Crippen molar-refractivity contribution < 1.29 is 22.7 Å². The second-order valence-corrected chi connectivity index (χ2v) is 5.74. The lowest BCUT2D eigenvalue weighted by Gasteiger charge is -2.30. The summed E-state index contributed by atoms with van der Waals surface area (Å²) >= 11 is 0. The summed E-state index contributed by atoms with van der Waals surface area (Å²) in [7, 11) is 0. The molecule has 1 saturated carbocycles. The molecule has 1 atom stereocenters. The first kappa shape index (κ1) is 15.3. The van der Waals surface area contributed by atoms with Crippen LogP contribution in [0.1, 0.15) is 49.8 Å². The highest BCUT2D eigenvalue weighted by Gasteiger charge is 2.33. The van der Waals surface area contributed by atoms with Gasteiger partial charge in [-0.3, -0.25) is 0 Å². The maximum atomic E-state index is 13.3. The summed E-state index contributed by atoms with van der Waals surface area (Å²) in [6.07, 6.45) is -2.20. The Morgan fingerprint density at radius 1 is 1.10 bits per heavy atom. The zero-order valence-electron chi connectivity index (χ0n) is 11.3. The fraction of sp³-hybridized carbons (Fsp3) is 0.600. The average molecular weight is 290 g/mol. The molecule has 20 heavy (non-hydrogen) atoms. The van der Waals surface area contributed by atoms with Crippen molar-refractivity contribution in [2.45, 2.75) is 44.9 Å². The summed E-state index contributed by atoms with van der Waals surface area (Å²) in [5.41, 5.74) is -1.02. The van der Waals surface area contributed by atoms with Gasteiger partial charge in [0.25, 0.3) is 0 Å². The molecule has 0 spiro atoms. The van der Waals surface area contributed by atoms with E-state index >= 15 is 0 Å². The van der Waals surface area contributed by atoms with Crippen molar-refractivity contribution in [1.29, 1.82) is 0 Å². The van der Waals surface area contributed by atoms with Crippen molar-refractivity contribution in [3.63, 3.8) is 0 Å². The molecule has 1 aliphatic carbocycles. The predicted octanol–water partition coefficient (Wildman–Crippen LogP) is 4.70. The number of halogens is 4. The molecule has 1 nitrogen and oxygen atoms in total. The third-order valence-electron chi connectivity index (χ3n) is 4.10. The van der Waals surface area contributed by atoms with E-state index in [9.17, 15) is 22.7 Å². The van der Waals surface area contributed by atoms with Gasteiger partial charge in [-0.05, 0) is 48.4 Å². The summed E-state index contributed by atoms with van der Waals surface area (Å²) in [5.74, 6) is -0.469. The maximum absolute atomic E-state index is 13.3. The lowest BCUT2D eigenvalue weighted by Crippen LogP contribution is -2.20. The SMILES string of the molecule is CC1CCC(C(O)c2cc(F)cc(C(F)(F)F)c2)CC1. The molecular formula is C15H18F4O. The Labute approximate surface area is 115 Å². The minimum absolute atomic E-state index is 0.0249. The van der Waals surface area contributed by atoms with Gasteiger partial charge in [-0.25, -0.2) is 4.39 Å². The molecular weight excluding hydrogens is 272 g/mol.